The van der Waals surface area contributed by atoms with E-state index in [1.165, 1.54) is 38.2 Å². The van der Waals surface area contributed by atoms with Gasteiger partial charge in [-0.3, -0.25) is 9.59 Å². The monoisotopic (exact) mass is 438 g/mol. The van der Waals surface area contributed by atoms with Crippen LogP contribution in [0.25, 0.3) is 0 Å². The van der Waals surface area contributed by atoms with Crippen molar-refractivity contribution < 1.29 is 18.0 Å². The van der Waals surface area contributed by atoms with Crippen molar-refractivity contribution >= 4 is 38.9 Å². The Morgan fingerprint density at radius 1 is 1.10 bits per heavy atom. The standard InChI is InChI=1S/C19H26N4O4S2/c1-14(24)21-16-5-7-17(8-6-16)29(26,27)23(4)12-19(25)20-11-18(22(2)3)15-9-10-28-13-15/h5-10,13,18H,11-12H2,1-4H3,(H,20,25)(H,21,24). The third-order valence-corrected chi connectivity index (χ3v) is 6.81. The molecule has 1 aromatic carbocycles. The van der Waals surface area contributed by atoms with E-state index in [2.05, 4.69) is 10.6 Å². The van der Waals surface area contributed by atoms with Gasteiger partial charge in [-0.05, 0) is 60.8 Å². The molecular weight excluding hydrogens is 412 g/mol. The zero-order valence-electron chi connectivity index (χ0n) is 16.9. The zero-order valence-corrected chi connectivity index (χ0v) is 18.5. The SMILES string of the molecule is CC(=O)Nc1ccc(S(=O)(=O)N(C)CC(=O)NCC(c2ccsc2)N(C)C)cc1. The Morgan fingerprint density at radius 3 is 2.28 bits per heavy atom. The molecule has 0 saturated heterocycles. The van der Waals surface area contributed by atoms with Crippen LogP contribution in [0.1, 0.15) is 18.5 Å². The van der Waals surface area contributed by atoms with Crippen molar-refractivity contribution in [2.24, 2.45) is 0 Å². The van der Waals surface area contributed by atoms with E-state index in [-0.39, 0.29) is 29.3 Å². The molecule has 8 nitrogen and oxygen atoms in total. The molecule has 0 radical (unpaired) electrons. The van der Waals surface area contributed by atoms with Crippen molar-refractivity contribution in [2.75, 3.05) is 39.5 Å². The number of nitrogens with one attached hydrogen (secondary N) is 2. The first-order valence-electron chi connectivity index (χ1n) is 8.90. The van der Waals surface area contributed by atoms with Crippen LogP contribution in [0.4, 0.5) is 5.69 Å². The third-order valence-electron chi connectivity index (χ3n) is 4.29. The summed E-state index contributed by atoms with van der Waals surface area (Å²) < 4.78 is 26.4. The molecule has 0 bridgehead atoms. The number of benzene rings is 1. The molecule has 2 amide bonds. The van der Waals surface area contributed by atoms with E-state index in [1.54, 1.807) is 11.3 Å². The molecular formula is C19H26N4O4S2. The molecule has 29 heavy (non-hydrogen) atoms. The smallest absolute Gasteiger partial charge is 0.243 e. The predicted octanol–water partition coefficient (Wildman–Crippen LogP) is 1.75. The van der Waals surface area contributed by atoms with Crippen molar-refractivity contribution in [2.45, 2.75) is 17.9 Å². The first-order chi connectivity index (χ1) is 13.6. The number of carbonyl (C=O) groups is 2. The van der Waals surface area contributed by atoms with Gasteiger partial charge in [0.05, 0.1) is 17.5 Å². The van der Waals surface area contributed by atoms with Crippen LogP contribution in [0.5, 0.6) is 0 Å². The zero-order chi connectivity index (χ0) is 21.6. The summed E-state index contributed by atoms with van der Waals surface area (Å²) in [4.78, 5) is 25.4. The molecule has 10 heteroatoms. The average Bonchev–Trinajstić information content (AvgIpc) is 3.15. The van der Waals surface area contributed by atoms with Crippen LogP contribution in [-0.4, -0.2) is 63.7 Å². The Morgan fingerprint density at radius 2 is 1.76 bits per heavy atom. The van der Waals surface area contributed by atoms with E-state index in [0.29, 0.717) is 12.2 Å². The lowest BCUT2D eigenvalue weighted by Crippen LogP contribution is -2.41. The molecule has 1 heterocycles. The topological polar surface area (TPSA) is 98.8 Å². The fraction of sp³-hybridized carbons (Fsp3) is 0.368. The van der Waals surface area contributed by atoms with Gasteiger partial charge in [-0.25, -0.2) is 8.42 Å². The number of rotatable bonds is 9. The maximum absolute atomic E-state index is 12.7. The maximum Gasteiger partial charge on any atom is 0.243 e. The number of amides is 2. The minimum absolute atomic E-state index is 0.00781. The Hall–Kier alpha value is -2.27. The number of hydrogen-bond acceptors (Lipinski definition) is 6. The van der Waals surface area contributed by atoms with Crippen LogP contribution >= 0.6 is 11.3 Å². The first kappa shape index (κ1) is 23.0. The summed E-state index contributed by atoms with van der Waals surface area (Å²) in [5, 5.41) is 9.39. The van der Waals surface area contributed by atoms with Gasteiger partial charge in [0, 0.05) is 26.2 Å². The second-order valence-electron chi connectivity index (χ2n) is 6.81. The number of anilines is 1. The van der Waals surface area contributed by atoms with Gasteiger partial charge in [-0.2, -0.15) is 15.6 Å². The minimum atomic E-state index is -3.83. The fourth-order valence-electron chi connectivity index (χ4n) is 2.71. The van der Waals surface area contributed by atoms with Gasteiger partial charge >= 0.3 is 0 Å². The molecule has 0 fully saturated rings. The average molecular weight is 439 g/mol. The van der Waals surface area contributed by atoms with Gasteiger partial charge in [-0.1, -0.05) is 0 Å². The van der Waals surface area contributed by atoms with Crippen LogP contribution in [-0.2, 0) is 19.6 Å². The second-order valence-corrected chi connectivity index (χ2v) is 9.63. The summed E-state index contributed by atoms with van der Waals surface area (Å²) >= 11 is 1.59. The van der Waals surface area contributed by atoms with Gasteiger partial charge in [0.1, 0.15) is 0 Å². The van der Waals surface area contributed by atoms with E-state index < -0.39 is 10.0 Å². The van der Waals surface area contributed by atoms with Crippen LogP contribution in [0, 0.1) is 0 Å². The third kappa shape index (κ3) is 6.36. The van der Waals surface area contributed by atoms with E-state index in [4.69, 9.17) is 0 Å². The highest BCUT2D eigenvalue weighted by Crippen LogP contribution is 2.20. The lowest BCUT2D eigenvalue weighted by atomic mass is 10.1. The van der Waals surface area contributed by atoms with Crippen LogP contribution < -0.4 is 10.6 Å². The summed E-state index contributed by atoms with van der Waals surface area (Å²) in [5.41, 5.74) is 1.60. The highest BCUT2D eigenvalue weighted by molar-refractivity contribution is 7.89. The molecule has 158 valence electrons. The van der Waals surface area contributed by atoms with Gasteiger partial charge in [-0.15, -0.1) is 0 Å². The number of sulfonamides is 1. The van der Waals surface area contributed by atoms with Gasteiger partial charge in [0.15, 0.2) is 0 Å². The summed E-state index contributed by atoms with van der Waals surface area (Å²) in [6, 6.07) is 7.81. The quantitative estimate of drug-likeness (QED) is 0.621. The highest BCUT2D eigenvalue weighted by Gasteiger charge is 2.24. The molecule has 1 atom stereocenters. The van der Waals surface area contributed by atoms with E-state index in [1.807, 2.05) is 35.8 Å². The molecule has 1 aromatic heterocycles. The Kier molecular flexibility index (Phi) is 7.91. The van der Waals surface area contributed by atoms with E-state index in [9.17, 15) is 18.0 Å². The molecule has 0 aliphatic rings. The molecule has 2 aromatic rings. The number of likely N-dealkylation sites (N-methyl/N-ethyl adjacent to an activating group) is 2. The predicted molar refractivity (Wildman–Crippen MR) is 114 cm³/mol. The van der Waals surface area contributed by atoms with Gasteiger partial charge in [0.2, 0.25) is 21.8 Å². The summed E-state index contributed by atoms with van der Waals surface area (Å²) in [6.07, 6.45) is 0. The number of nitrogens with zero attached hydrogens (tertiary/aromatic N) is 2. The Bertz CT molecular complexity index is 926. The summed E-state index contributed by atoms with van der Waals surface area (Å²) in [5.74, 6) is -0.624. The van der Waals surface area contributed by atoms with Crippen molar-refractivity contribution in [1.82, 2.24) is 14.5 Å². The summed E-state index contributed by atoms with van der Waals surface area (Å²) in [6.45, 7) is 1.46. The van der Waals surface area contributed by atoms with Crippen LogP contribution in [0.15, 0.2) is 46.0 Å². The molecule has 0 aliphatic carbocycles. The Labute approximate surface area is 175 Å². The molecule has 0 aliphatic heterocycles. The second kappa shape index (κ2) is 9.97. The van der Waals surface area contributed by atoms with Crippen molar-refractivity contribution in [1.29, 1.82) is 0 Å². The van der Waals surface area contributed by atoms with E-state index >= 15 is 0 Å². The number of hydrogen-bond donors (Lipinski definition) is 2. The summed E-state index contributed by atoms with van der Waals surface area (Å²) in [7, 11) is 1.39. The maximum atomic E-state index is 12.7. The molecule has 1 unspecified atom stereocenters. The van der Waals surface area contributed by atoms with Crippen molar-refractivity contribution in [3.05, 3.63) is 46.7 Å². The number of carbonyl (C=O) groups excluding carboxylic acids is 2. The van der Waals surface area contributed by atoms with Gasteiger partial charge < -0.3 is 15.5 Å². The van der Waals surface area contributed by atoms with Crippen LogP contribution in [0.2, 0.25) is 0 Å². The molecule has 2 rings (SSSR count). The molecule has 2 N–H and O–H groups in total. The number of thiophene rings is 1. The fourth-order valence-corrected chi connectivity index (χ4v) is 4.54. The van der Waals surface area contributed by atoms with Crippen LogP contribution in [0.3, 0.4) is 0 Å². The first-order valence-corrected chi connectivity index (χ1v) is 11.3. The Balaban J connectivity index is 1.97. The highest BCUT2D eigenvalue weighted by atomic mass is 32.2. The largest absolute Gasteiger partial charge is 0.353 e. The molecule has 0 saturated carbocycles. The van der Waals surface area contributed by atoms with Gasteiger partial charge in [0.25, 0.3) is 0 Å². The normalized spacial score (nSPS) is 12.8. The lowest BCUT2D eigenvalue weighted by molar-refractivity contribution is -0.121. The van der Waals surface area contributed by atoms with E-state index in [0.717, 1.165) is 9.87 Å². The lowest BCUT2D eigenvalue weighted by Gasteiger charge is -2.24. The van der Waals surface area contributed by atoms with Crippen molar-refractivity contribution in [3.8, 4) is 0 Å². The van der Waals surface area contributed by atoms with Crippen molar-refractivity contribution in [3.63, 3.8) is 0 Å². The minimum Gasteiger partial charge on any atom is -0.353 e. The molecule has 0 spiro atoms.